The van der Waals surface area contributed by atoms with Gasteiger partial charge in [-0.1, -0.05) is 27.5 Å². The standard InChI is InChI=1S/C11H10BrClFN3/c1-6-10(13)11(15)17(16-6)5-7-4-8(12)2-3-9(7)14/h2-4H,5,15H2,1H3. The zero-order valence-corrected chi connectivity index (χ0v) is 11.4. The number of nitrogen functional groups attached to an aromatic ring is 1. The highest BCUT2D eigenvalue weighted by molar-refractivity contribution is 9.10. The Labute approximate surface area is 112 Å². The van der Waals surface area contributed by atoms with Gasteiger partial charge in [-0.25, -0.2) is 9.07 Å². The van der Waals surface area contributed by atoms with Crippen LogP contribution >= 0.6 is 27.5 Å². The van der Waals surface area contributed by atoms with E-state index in [0.717, 1.165) is 4.47 Å². The van der Waals surface area contributed by atoms with Crippen LogP contribution in [0.4, 0.5) is 10.2 Å². The minimum Gasteiger partial charge on any atom is -0.383 e. The molecule has 2 rings (SSSR count). The summed E-state index contributed by atoms with van der Waals surface area (Å²) < 4.78 is 15.9. The molecule has 0 aliphatic heterocycles. The molecule has 90 valence electrons. The lowest BCUT2D eigenvalue weighted by molar-refractivity contribution is 0.586. The average molecular weight is 319 g/mol. The normalized spacial score (nSPS) is 10.8. The minimum atomic E-state index is -0.295. The van der Waals surface area contributed by atoms with E-state index in [2.05, 4.69) is 21.0 Å². The first-order valence-electron chi connectivity index (χ1n) is 4.91. The van der Waals surface area contributed by atoms with Gasteiger partial charge in [0.1, 0.15) is 16.7 Å². The van der Waals surface area contributed by atoms with Gasteiger partial charge in [0.15, 0.2) is 0 Å². The van der Waals surface area contributed by atoms with Gasteiger partial charge in [0.25, 0.3) is 0 Å². The number of aryl methyl sites for hydroxylation is 1. The Hall–Kier alpha value is -1.07. The molecule has 0 spiro atoms. The lowest BCUT2D eigenvalue weighted by Crippen LogP contribution is -2.07. The largest absolute Gasteiger partial charge is 0.383 e. The van der Waals surface area contributed by atoms with E-state index in [1.807, 2.05) is 0 Å². The first-order chi connectivity index (χ1) is 7.99. The number of anilines is 1. The van der Waals surface area contributed by atoms with Crippen molar-refractivity contribution in [3.8, 4) is 0 Å². The van der Waals surface area contributed by atoms with Gasteiger partial charge in [-0.3, -0.25) is 0 Å². The first-order valence-corrected chi connectivity index (χ1v) is 6.08. The highest BCUT2D eigenvalue weighted by Crippen LogP contribution is 2.24. The molecule has 0 fully saturated rings. The van der Waals surface area contributed by atoms with Crippen molar-refractivity contribution in [2.24, 2.45) is 0 Å². The second-order valence-electron chi connectivity index (χ2n) is 3.68. The average Bonchev–Trinajstić information content (AvgIpc) is 2.52. The summed E-state index contributed by atoms with van der Waals surface area (Å²) in [5.41, 5.74) is 6.92. The van der Waals surface area contributed by atoms with Crippen molar-refractivity contribution < 1.29 is 4.39 Å². The molecular formula is C11H10BrClFN3. The second kappa shape index (κ2) is 4.66. The Balaban J connectivity index is 2.37. The second-order valence-corrected chi connectivity index (χ2v) is 4.97. The summed E-state index contributed by atoms with van der Waals surface area (Å²) in [6.07, 6.45) is 0. The molecule has 1 aromatic carbocycles. The molecular weight excluding hydrogens is 308 g/mol. The predicted molar refractivity (Wildman–Crippen MR) is 69.6 cm³/mol. The third-order valence-electron chi connectivity index (χ3n) is 2.42. The van der Waals surface area contributed by atoms with Crippen molar-refractivity contribution in [1.82, 2.24) is 9.78 Å². The van der Waals surface area contributed by atoms with Crippen molar-refractivity contribution >= 4 is 33.3 Å². The number of aromatic nitrogens is 2. The fraction of sp³-hybridized carbons (Fsp3) is 0.182. The summed E-state index contributed by atoms with van der Waals surface area (Å²) in [6, 6.07) is 4.73. The molecule has 0 bridgehead atoms. The number of rotatable bonds is 2. The maximum atomic E-state index is 13.6. The van der Waals surface area contributed by atoms with Crippen LogP contribution in [0.1, 0.15) is 11.3 Å². The molecule has 3 nitrogen and oxygen atoms in total. The highest BCUT2D eigenvalue weighted by atomic mass is 79.9. The van der Waals surface area contributed by atoms with Crippen molar-refractivity contribution in [3.05, 3.63) is 44.8 Å². The van der Waals surface area contributed by atoms with E-state index < -0.39 is 0 Å². The van der Waals surface area contributed by atoms with Crippen molar-refractivity contribution in [2.75, 3.05) is 5.73 Å². The Bertz CT molecular complexity index is 568. The molecule has 6 heteroatoms. The van der Waals surface area contributed by atoms with Gasteiger partial charge < -0.3 is 5.73 Å². The monoisotopic (exact) mass is 317 g/mol. The van der Waals surface area contributed by atoms with Crippen LogP contribution in [0.2, 0.25) is 5.02 Å². The van der Waals surface area contributed by atoms with Crippen molar-refractivity contribution in [2.45, 2.75) is 13.5 Å². The topological polar surface area (TPSA) is 43.8 Å². The van der Waals surface area contributed by atoms with Gasteiger partial charge in [-0.15, -0.1) is 0 Å². The Morgan fingerprint density at radius 3 is 2.82 bits per heavy atom. The lowest BCUT2D eigenvalue weighted by Gasteiger charge is -2.06. The van der Waals surface area contributed by atoms with Crippen molar-refractivity contribution in [1.29, 1.82) is 0 Å². The molecule has 0 atom stereocenters. The van der Waals surface area contributed by atoms with E-state index >= 15 is 0 Å². The molecule has 2 N–H and O–H groups in total. The molecule has 0 radical (unpaired) electrons. The third-order valence-corrected chi connectivity index (χ3v) is 3.38. The SMILES string of the molecule is Cc1nn(Cc2cc(Br)ccc2F)c(N)c1Cl. The number of benzene rings is 1. The van der Waals surface area contributed by atoms with Crippen LogP contribution in [0.3, 0.4) is 0 Å². The fourth-order valence-electron chi connectivity index (χ4n) is 1.52. The number of hydrogen-bond donors (Lipinski definition) is 1. The summed E-state index contributed by atoms with van der Waals surface area (Å²) in [5, 5.41) is 4.57. The Morgan fingerprint density at radius 1 is 1.53 bits per heavy atom. The van der Waals surface area contributed by atoms with Crippen molar-refractivity contribution in [3.63, 3.8) is 0 Å². The summed E-state index contributed by atoms with van der Waals surface area (Å²) in [7, 11) is 0. The van der Waals surface area contributed by atoms with E-state index in [4.69, 9.17) is 17.3 Å². The molecule has 0 aliphatic rings. The van der Waals surface area contributed by atoms with Crippen LogP contribution in [0.15, 0.2) is 22.7 Å². The number of nitrogens with two attached hydrogens (primary N) is 1. The quantitative estimate of drug-likeness (QED) is 0.922. The zero-order valence-electron chi connectivity index (χ0n) is 9.04. The minimum absolute atomic E-state index is 0.255. The van der Waals surface area contributed by atoms with Gasteiger partial charge in [0.2, 0.25) is 0 Å². The third kappa shape index (κ3) is 2.45. The van der Waals surface area contributed by atoms with Crippen LogP contribution in [0.25, 0.3) is 0 Å². The Morgan fingerprint density at radius 2 is 2.24 bits per heavy atom. The van der Waals surface area contributed by atoms with Gasteiger partial charge in [-0.05, 0) is 25.1 Å². The van der Waals surface area contributed by atoms with Crippen LogP contribution in [-0.2, 0) is 6.54 Å². The molecule has 0 saturated heterocycles. The van der Waals surface area contributed by atoms with Crippen LogP contribution < -0.4 is 5.73 Å². The molecule has 0 unspecified atom stereocenters. The van der Waals surface area contributed by atoms with E-state index in [0.29, 0.717) is 22.1 Å². The summed E-state index contributed by atoms with van der Waals surface area (Å²) in [5.74, 6) is 0.0559. The highest BCUT2D eigenvalue weighted by Gasteiger charge is 2.12. The van der Waals surface area contributed by atoms with Gasteiger partial charge >= 0.3 is 0 Å². The molecule has 1 aromatic heterocycles. The molecule has 17 heavy (non-hydrogen) atoms. The summed E-state index contributed by atoms with van der Waals surface area (Å²) in [6.45, 7) is 2.01. The smallest absolute Gasteiger partial charge is 0.141 e. The van der Waals surface area contributed by atoms with Gasteiger partial charge in [0, 0.05) is 10.0 Å². The van der Waals surface area contributed by atoms with E-state index in [9.17, 15) is 4.39 Å². The molecule has 2 aromatic rings. The van der Waals surface area contributed by atoms with Crippen LogP contribution in [-0.4, -0.2) is 9.78 Å². The molecule has 0 saturated carbocycles. The maximum Gasteiger partial charge on any atom is 0.141 e. The predicted octanol–water partition coefficient (Wildman–Crippen LogP) is 3.38. The maximum absolute atomic E-state index is 13.6. The molecule has 0 amide bonds. The molecule has 1 heterocycles. The van der Waals surface area contributed by atoms with Gasteiger partial charge in [0.05, 0.1) is 12.2 Å². The first kappa shape index (κ1) is 12.4. The van der Waals surface area contributed by atoms with E-state index in [-0.39, 0.29) is 12.4 Å². The van der Waals surface area contributed by atoms with Gasteiger partial charge in [-0.2, -0.15) is 5.10 Å². The summed E-state index contributed by atoms with van der Waals surface area (Å²) >= 11 is 9.22. The van der Waals surface area contributed by atoms with E-state index in [1.165, 1.54) is 10.7 Å². The Kier molecular flexibility index (Phi) is 3.40. The number of halogens is 3. The summed E-state index contributed by atoms with van der Waals surface area (Å²) in [4.78, 5) is 0. The molecule has 0 aliphatic carbocycles. The zero-order chi connectivity index (χ0) is 12.6. The lowest BCUT2D eigenvalue weighted by atomic mass is 10.2. The number of nitrogens with zero attached hydrogens (tertiary/aromatic N) is 2. The van der Waals surface area contributed by atoms with Crippen LogP contribution in [0.5, 0.6) is 0 Å². The number of hydrogen-bond acceptors (Lipinski definition) is 2. The fourth-order valence-corrected chi connectivity index (χ4v) is 2.07. The van der Waals surface area contributed by atoms with E-state index in [1.54, 1.807) is 19.1 Å². The van der Waals surface area contributed by atoms with Crippen LogP contribution in [0, 0.1) is 12.7 Å².